The highest BCUT2D eigenvalue weighted by Gasteiger charge is 2.58. The summed E-state index contributed by atoms with van der Waals surface area (Å²) in [6.45, 7) is 0.199. The van der Waals surface area contributed by atoms with Gasteiger partial charge < -0.3 is 10.4 Å². The summed E-state index contributed by atoms with van der Waals surface area (Å²) in [5, 5.41) is 9.73. The van der Waals surface area contributed by atoms with Crippen LogP contribution in [0.3, 0.4) is 0 Å². The van der Waals surface area contributed by atoms with Crippen LogP contribution < -0.4 is 5.32 Å². The Morgan fingerprint density at radius 2 is 1.75 bits per heavy atom. The first-order chi connectivity index (χ1) is 9.00. The molecule has 0 saturated carbocycles. The number of alkyl halides is 3. The molecule has 0 fully saturated rings. The van der Waals surface area contributed by atoms with E-state index in [1.165, 1.54) is 0 Å². The van der Waals surface area contributed by atoms with Gasteiger partial charge in [-0.3, -0.25) is 4.79 Å². The molecule has 0 radical (unpaired) electrons. The second-order valence-corrected chi connectivity index (χ2v) is 3.98. The van der Waals surface area contributed by atoms with Crippen LogP contribution in [0.25, 0.3) is 0 Å². The molecule has 1 aromatic rings. The first kappa shape index (κ1) is 15.9. The molecule has 1 amide bonds. The summed E-state index contributed by atoms with van der Waals surface area (Å²) in [5.74, 6) is -7.18. The summed E-state index contributed by atoms with van der Waals surface area (Å²) >= 11 is 0. The third-order valence-electron chi connectivity index (χ3n) is 2.55. The lowest BCUT2D eigenvalue weighted by Crippen LogP contribution is -2.62. The summed E-state index contributed by atoms with van der Waals surface area (Å²) in [5.41, 5.74) is -4.65. The minimum atomic E-state index is -5.32. The molecule has 1 aromatic carbocycles. The Kier molecular flexibility index (Phi) is 4.02. The first-order valence-corrected chi connectivity index (χ1v) is 5.07. The summed E-state index contributed by atoms with van der Waals surface area (Å²) in [6, 6.07) is 2.29. The SMILES string of the molecule is CC(NC(=O)c1cccc(F)c1F)(C(=O)O)C(F)(F)F. The second kappa shape index (κ2) is 5.06. The number of rotatable bonds is 3. The quantitative estimate of drug-likeness (QED) is 0.840. The average molecular weight is 297 g/mol. The zero-order valence-corrected chi connectivity index (χ0v) is 9.89. The Morgan fingerprint density at radius 1 is 1.20 bits per heavy atom. The van der Waals surface area contributed by atoms with Crippen LogP contribution in [0.5, 0.6) is 0 Å². The predicted octanol–water partition coefficient (Wildman–Crippen LogP) is 2.10. The molecule has 9 heteroatoms. The van der Waals surface area contributed by atoms with E-state index >= 15 is 0 Å². The minimum Gasteiger partial charge on any atom is -0.479 e. The molecule has 0 bridgehead atoms. The Labute approximate surface area is 109 Å². The standard InChI is InChI=1S/C11H8F5NO3/c1-10(9(19)20,11(14,15)16)17-8(18)5-3-2-4-6(12)7(5)13/h2-4H,1H3,(H,17,18)(H,19,20). The minimum absolute atomic E-state index is 0.199. The highest BCUT2D eigenvalue weighted by atomic mass is 19.4. The van der Waals surface area contributed by atoms with Crippen molar-refractivity contribution < 1.29 is 36.6 Å². The fourth-order valence-electron chi connectivity index (χ4n) is 1.22. The molecule has 1 atom stereocenters. The number of aliphatic carboxylic acids is 1. The van der Waals surface area contributed by atoms with Gasteiger partial charge in [-0.2, -0.15) is 13.2 Å². The number of hydrogen-bond donors (Lipinski definition) is 2. The third-order valence-corrected chi connectivity index (χ3v) is 2.55. The number of carboxylic acid groups (broad SMARTS) is 1. The van der Waals surface area contributed by atoms with E-state index in [1.54, 1.807) is 0 Å². The van der Waals surface area contributed by atoms with Gasteiger partial charge in [-0.25, -0.2) is 13.6 Å². The van der Waals surface area contributed by atoms with Gasteiger partial charge in [-0.15, -0.1) is 0 Å². The van der Waals surface area contributed by atoms with E-state index in [4.69, 9.17) is 5.11 Å². The van der Waals surface area contributed by atoms with Crippen molar-refractivity contribution in [1.82, 2.24) is 5.32 Å². The Morgan fingerprint density at radius 3 is 2.20 bits per heavy atom. The van der Waals surface area contributed by atoms with Crippen LogP contribution in [0.15, 0.2) is 18.2 Å². The largest absolute Gasteiger partial charge is 0.479 e. The van der Waals surface area contributed by atoms with Crippen LogP contribution in [0.4, 0.5) is 22.0 Å². The van der Waals surface area contributed by atoms with E-state index in [0.717, 1.165) is 17.4 Å². The van der Waals surface area contributed by atoms with Crippen molar-refractivity contribution in [3.63, 3.8) is 0 Å². The number of carbonyl (C=O) groups is 2. The van der Waals surface area contributed by atoms with Crippen molar-refractivity contribution in [3.05, 3.63) is 35.4 Å². The van der Waals surface area contributed by atoms with Crippen molar-refractivity contribution in [2.75, 3.05) is 0 Å². The van der Waals surface area contributed by atoms with E-state index in [2.05, 4.69) is 0 Å². The first-order valence-electron chi connectivity index (χ1n) is 5.07. The number of carbonyl (C=O) groups excluding carboxylic acids is 1. The van der Waals surface area contributed by atoms with Crippen molar-refractivity contribution in [2.45, 2.75) is 18.6 Å². The molecule has 4 nitrogen and oxygen atoms in total. The normalized spacial score (nSPS) is 14.5. The molecule has 0 spiro atoms. The van der Waals surface area contributed by atoms with Gasteiger partial charge in [-0.1, -0.05) is 6.07 Å². The zero-order chi connectivity index (χ0) is 15.7. The Balaban J connectivity index is 3.17. The molecular formula is C11H8F5NO3. The van der Waals surface area contributed by atoms with Gasteiger partial charge in [0.05, 0.1) is 5.56 Å². The topological polar surface area (TPSA) is 66.4 Å². The lowest BCUT2D eigenvalue weighted by Gasteiger charge is -2.28. The summed E-state index contributed by atoms with van der Waals surface area (Å²) in [4.78, 5) is 22.2. The van der Waals surface area contributed by atoms with Crippen LogP contribution >= 0.6 is 0 Å². The fraction of sp³-hybridized carbons (Fsp3) is 0.273. The summed E-state index contributed by atoms with van der Waals surface area (Å²) < 4.78 is 64.1. The van der Waals surface area contributed by atoms with Gasteiger partial charge in [0.1, 0.15) is 0 Å². The van der Waals surface area contributed by atoms with Crippen molar-refractivity contribution in [3.8, 4) is 0 Å². The molecule has 1 rings (SSSR count). The van der Waals surface area contributed by atoms with Crippen LogP contribution in [0, 0.1) is 11.6 Å². The van der Waals surface area contributed by atoms with Crippen LogP contribution in [-0.4, -0.2) is 28.7 Å². The molecule has 0 saturated heterocycles. The number of amides is 1. The van der Waals surface area contributed by atoms with Crippen LogP contribution in [0.2, 0.25) is 0 Å². The molecule has 2 N–H and O–H groups in total. The Bertz CT molecular complexity index is 557. The number of halogens is 5. The smallest absolute Gasteiger partial charge is 0.422 e. The lowest BCUT2D eigenvalue weighted by molar-refractivity contribution is -0.203. The van der Waals surface area contributed by atoms with E-state index in [9.17, 15) is 31.5 Å². The van der Waals surface area contributed by atoms with E-state index in [1.807, 2.05) is 0 Å². The van der Waals surface area contributed by atoms with Crippen molar-refractivity contribution in [1.29, 1.82) is 0 Å². The molecule has 110 valence electrons. The molecule has 0 aliphatic heterocycles. The number of carboxylic acids is 1. The number of benzene rings is 1. The zero-order valence-electron chi connectivity index (χ0n) is 9.89. The number of hydrogen-bond acceptors (Lipinski definition) is 2. The summed E-state index contributed by atoms with van der Waals surface area (Å²) in [7, 11) is 0. The van der Waals surface area contributed by atoms with Gasteiger partial charge >= 0.3 is 12.1 Å². The van der Waals surface area contributed by atoms with Gasteiger partial charge in [0.2, 0.25) is 5.54 Å². The highest BCUT2D eigenvalue weighted by Crippen LogP contribution is 2.30. The highest BCUT2D eigenvalue weighted by molar-refractivity contribution is 5.98. The summed E-state index contributed by atoms with van der Waals surface area (Å²) in [6.07, 6.45) is -5.32. The fourth-order valence-corrected chi connectivity index (χ4v) is 1.22. The maximum Gasteiger partial charge on any atom is 0.422 e. The Hall–Kier alpha value is -2.19. The van der Waals surface area contributed by atoms with Crippen molar-refractivity contribution in [2.24, 2.45) is 0 Å². The third kappa shape index (κ3) is 2.70. The monoisotopic (exact) mass is 297 g/mol. The molecule has 1 unspecified atom stereocenters. The molecular weight excluding hydrogens is 289 g/mol. The molecule has 0 aliphatic carbocycles. The van der Waals surface area contributed by atoms with E-state index in [-0.39, 0.29) is 6.92 Å². The molecule has 0 heterocycles. The van der Waals surface area contributed by atoms with Gasteiger partial charge in [-0.05, 0) is 19.1 Å². The number of nitrogens with one attached hydrogen (secondary N) is 1. The maximum absolute atomic E-state index is 13.3. The molecule has 0 aromatic heterocycles. The van der Waals surface area contributed by atoms with Crippen LogP contribution in [0.1, 0.15) is 17.3 Å². The second-order valence-electron chi connectivity index (χ2n) is 3.98. The van der Waals surface area contributed by atoms with E-state index in [0.29, 0.717) is 6.07 Å². The molecule has 0 aliphatic rings. The van der Waals surface area contributed by atoms with E-state index < -0.39 is 40.8 Å². The lowest BCUT2D eigenvalue weighted by atomic mass is 10.0. The maximum atomic E-state index is 13.3. The average Bonchev–Trinajstić information content (AvgIpc) is 2.30. The van der Waals surface area contributed by atoms with Crippen molar-refractivity contribution >= 4 is 11.9 Å². The predicted molar refractivity (Wildman–Crippen MR) is 55.9 cm³/mol. The molecule has 20 heavy (non-hydrogen) atoms. The van der Waals surface area contributed by atoms with Gasteiger partial charge in [0.25, 0.3) is 5.91 Å². The van der Waals surface area contributed by atoms with Crippen LogP contribution in [-0.2, 0) is 4.79 Å². The van der Waals surface area contributed by atoms with Gasteiger partial charge in [0.15, 0.2) is 11.6 Å². The van der Waals surface area contributed by atoms with Gasteiger partial charge in [0, 0.05) is 0 Å².